The number of hydrogen-bond donors (Lipinski definition) is 11. The van der Waals surface area contributed by atoms with E-state index in [1.54, 1.807) is 0 Å². The zero-order chi connectivity index (χ0) is 47.5. The third-order valence-corrected chi connectivity index (χ3v) is 8.51. The van der Waals surface area contributed by atoms with E-state index in [1.165, 1.54) is 43.9 Å². The zero-order valence-corrected chi connectivity index (χ0v) is 39.9. The number of carboxylic acids is 8. The number of hydrogen-bond acceptors (Lipinski definition) is 17. The molecule has 0 fully saturated rings. The second-order valence-electron chi connectivity index (χ2n) is 14.0. The fourth-order valence-corrected chi connectivity index (χ4v) is 5.80. The molecule has 0 aromatic heterocycles. The summed E-state index contributed by atoms with van der Waals surface area (Å²) in [5, 5.41) is 81.7. The number of amides is 2. The average molecular weight is 1080 g/mol. The van der Waals surface area contributed by atoms with Crippen molar-refractivity contribution in [2.75, 3.05) is 142 Å². The molecule has 11 N–H and O–H groups in total. The third kappa shape index (κ3) is 34.0. The summed E-state index contributed by atoms with van der Waals surface area (Å²) in [5.41, 5.74) is 0.626. The van der Waals surface area contributed by atoms with Crippen LogP contribution in [0.4, 0.5) is 11.4 Å². The zero-order valence-electron chi connectivity index (χ0n) is 35.6. The number of rotatable bonds is 37. The quantitative estimate of drug-likeness (QED) is 0.0218. The topological polar surface area (TPSA) is 388 Å². The van der Waals surface area contributed by atoms with Crippen molar-refractivity contribution in [2.45, 2.75) is 0 Å². The molecule has 0 saturated heterocycles. The number of nitrogens with one attached hydrogen (secondary N) is 3. The van der Waals surface area contributed by atoms with Gasteiger partial charge >= 0.3 is 117 Å². The number of carbonyl (C=O) groups excluding carboxylic acids is 2. The van der Waals surface area contributed by atoms with Gasteiger partial charge in [0.05, 0.1) is 65.4 Å². The number of anilines is 2. The predicted octanol–water partition coefficient (Wildman–Crippen LogP) is -7.35. The Labute approximate surface area is 426 Å². The van der Waals surface area contributed by atoms with Gasteiger partial charge in [-0.05, 0) is 24.3 Å². The number of benzene rings is 1. The van der Waals surface area contributed by atoms with Crippen molar-refractivity contribution in [1.82, 2.24) is 34.7 Å². The predicted molar refractivity (Wildman–Crippen MR) is 216 cm³/mol. The Kier molecular flexibility index (Phi) is 34.1. The molecule has 1 aromatic carbocycles. The summed E-state index contributed by atoms with van der Waals surface area (Å²) in [5.74, 6) is -11.1. The van der Waals surface area contributed by atoms with Crippen LogP contribution in [0.5, 0.6) is 0 Å². The standard InChI is InChI=1S/C36H55N9O18.Gd.Na/c46-27(15-37-5-6-40(17-29(48)49)7-8-41(18-30(50)51)10-13-44(21-33(56)57)22-34(58)59)38-25-1-3-26(4-2-25)39-28(47)16-43(20-32(54)55)12-9-42(19-31(52)53)11-14-45(23-35(60)61)24-36(62)63;;/h1-4,37H,5-24H2,(H,38,46)(H,39,47)(H,48,49)(H,50,51)(H,52,53)(H,54,55)(H,56,57)(H,58,59)(H,60,61)(H,62,63);;/q;+3;+1. The van der Waals surface area contributed by atoms with Gasteiger partial charge in [0, 0.05) is 76.8 Å². The maximum absolute atomic E-state index is 12.8. The second kappa shape index (κ2) is 35.2. The van der Waals surface area contributed by atoms with Crippen LogP contribution >= 0.6 is 0 Å². The Bertz CT molecular complexity index is 1700. The maximum Gasteiger partial charge on any atom is 3.00 e. The molecule has 2 amide bonds. The first-order valence-corrected chi connectivity index (χ1v) is 19.1. The largest absolute Gasteiger partial charge is 3.00 e. The molecule has 0 aliphatic heterocycles. The summed E-state index contributed by atoms with van der Waals surface area (Å²) in [7, 11) is 0. The molecule has 0 bridgehead atoms. The summed E-state index contributed by atoms with van der Waals surface area (Å²) < 4.78 is 0. The molecule has 0 spiro atoms. The van der Waals surface area contributed by atoms with Gasteiger partial charge in [0.1, 0.15) is 0 Å². The average Bonchev–Trinajstić information content (AvgIpc) is 3.14. The SMILES string of the molecule is O=C(O)CN(CCNCC(=O)Nc1ccc(NC(=O)CN(CCN(CCN(CC(=O)O)CC(=O)O)CC(=O)O)CC(=O)O)cc1)CCN(CCN(CC(=O)O)CC(=O)O)CC(=O)O.[Gd+3].[Na+]. The monoisotopic (exact) mass is 1080 g/mol. The molecule has 357 valence electrons. The van der Waals surface area contributed by atoms with Gasteiger partial charge in [0.25, 0.3) is 0 Å². The van der Waals surface area contributed by atoms with Gasteiger partial charge in [-0.1, -0.05) is 0 Å². The van der Waals surface area contributed by atoms with Crippen LogP contribution in [-0.2, 0) is 47.9 Å². The molecule has 65 heavy (non-hydrogen) atoms. The Morgan fingerprint density at radius 3 is 0.877 bits per heavy atom. The minimum absolute atomic E-state index is 0. The van der Waals surface area contributed by atoms with Crippen LogP contribution in [0.2, 0.25) is 0 Å². The second-order valence-corrected chi connectivity index (χ2v) is 14.0. The van der Waals surface area contributed by atoms with Gasteiger partial charge in [-0.25, -0.2) is 0 Å². The molecule has 1 rings (SSSR count). The fraction of sp³-hybridized carbons (Fsp3) is 0.556. The summed E-state index contributed by atoms with van der Waals surface area (Å²) in [6.45, 7) is -5.02. The third-order valence-electron chi connectivity index (χ3n) is 8.51. The molecule has 27 nitrogen and oxygen atoms in total. The van der Waals surface area contributed by atoms with Crippen LogP contribution in [0.3, 0.4) is 0 Å². The van der Waals surface area contributed by atoms with Gasteiger partial charge < -0.3 is 56.8 Å². The fourth-order valence-electron chi connectivity index (χ4n) is 5.80. The van der Waals surface area contributed by atoms with Gasteiger partial charge in [-0.3, -0.25) is 77.3 Å². The van der Waals surface area contributed by atoms with E-state index in [0.29, 0.717) is 5.69 Å². The summed E-state index contributed by atoms with van der Waals surface area (Å²) in [6, 6.07) is 5.88. The van der Waals surface area contributed by atoms with E-state index in [1.807, 2.05) is 0 Å². The Hall–Kier alpha value is -4.04. The normalized spacial score (nSPS) is 11.0. The molecule has 0 aliphatic carbocycles. The molecule has 0 aliphatic rings. The summed E-state index contributed by atoms with van der Waals surface area (Å²) in [4.78, 5) is 123. The van der Waals surface area contributed by atoms with Crippen molar-refractivity contribution in [2.24, 2.45) is 0 Å². The van der Waals surface area contributed by atoms with E-state index in [2.05, 4.69) is 16.0 Å². The Balaban J connectivity index is 0. The first-order chi connectivity index (χ1) is 29.6. The first kappa shape index (κ1) is 63.1. The van der Waals surface area contributed by atoms with Crippen LogP contribution in [0.1, 0.15) is 0 Å². The molecule has 1 radical (unpaired) electrons. The first-order valence-electron chi connectivity index (χ1n) is 19.1. The number of carbonyl (C=O) groups is 10. The minimum atomic E-state index is -1.29. The Morgan fingerprint density at radius 1 is 0.354 bits per heavy atom. The van der Waals surface area contributed by atoms with Gasteiger partial charge in [0.15, 0.2) is 0 Å². The van der Waals surface area contributed by atoms with Crippen LogP contribution in [0, 0.1) is 39.9 Å². The molecule has 0 atom stereocenters. The van der Waals surface area contributed by atoms with Crippen molar-refractivity contribution in [3.8, 4) is 0 Å². The van der Waals surface area contributed by atoms with Crippen LogP contribution < -0.4 is 45.5 Å². The van der Waals surface area contributed by atoms with Crippen LogP contribution in [-0.4, -0.2) is 261 Å². The van der Waals surface area contributed by atoms with E-state index in [9.17, 15) is 68.4 Å². The summed E-state index contributed by atoms with van der Waals surface area (Å²) >= 11 is 0. The van der Waals surface area contributed by atoms with E-state index in [0.717, 1.165) is 9.80 Å². The van der Waals surface area contributed by atoms with Crippen molar-refractivity contribution in [1.29, 1.82) is 0 Å². The van der Waals surface area contributed by atoms with E-state index >= 15 is 0 Å². The molecule has 1 aromatic rings. The van der Waals surface area contributed by atoms with Crippen molar-refractivity contribution >= 4 is 70.9 Å². The molecule has 29 heteroatoms. The van der Waals surface area contributed by atoms with E-state index in [4.69, 9.17) is 20.4 Å². The van der Waals surface area contributed by atoms with Gasteiger partial charge in [-0.2, -0.15) is 0 Å². The van der Waals surface area contributed by atoms with Crippen molar-refractivity contribution in [3.05, 3.63) is 24.3 Å². The van der Waals surface area contributed by atoms with E-state index < -0.39 is 118 Å². The number of carboxylic acid groups (broad SMARTS) is 8. The molecule has 0 heterocycles. The van der Waals surface area contributed by atoms with Gasteiger partial charge in [0.2, 0.25) is 11.8 Å². The van der Waals surface area contributed by atoms with Crippen LogP contribution in [0.25, 0.3) is 0 Å². The molecule has 0 saturated carbocycles. The molecular formula is C36H55GdN9NaO18+4. The smallest absolute Gasteiger partial charge is 0.480 e. The van der Waals surface area contributed by atoms with Crippen LogP contribution in [0.15, 0.2) is 24.3 Å². The Morgan fingerprint density at radius 2 is 0.585 bits per heavy atom. The molecule has 0 unspecified atom stereocenters. The van der Waals surface area contributed by atoms with Crippen molar-refractivity contribution < 1.29 is 158 Å². The minimum Gasteiger partial charge on any atom is -0.480 e. The molecular weight excluding hydrogens is 1030 g/mol. The number of nitrogens with zero attached hydrogens (tertiary/aromatic N) is 6. The maximum atomic E-state index is 12.8. The van der Waals surface area contributed by atoms with E-state index in [-0.39, 0.29) is 147 Å². The number of aliphatic carboxylic acids is 8. The van der Waals surface area contributed by atoms with Crippen molar-refractivity contribution in [3.63, 3.8) is 0 Å². The van der Waals surface area contributed by atoms with Gasteiger partial charge in [-0.15, -0.1) is 0 Å². The summed E-state index contributed by atoms with van der Waals surface area (Å²) in [6.07, 6.45) is 0.